The Labute approximate surface area is 95.6 Å². The van der Waals surface area contributed by atoms with Crippen LogP contribution < -0.4 is 0 Å². The molecule has 2 nitrogen and oxygen atoms in total. The van der Waals surface area contributed by atoms with Gasteiger partial charge in [-0.3, -0.25) is 4.79 Å². The Bertz CT molecular complexity index is 449. The molecule has 2 saturated heterocycles. The van der Waals surface area contributed by atoms with E-state index in [9.17, 15) is 4.79 Å². The highest BCUT2D eigenvalue weighted by Crippen LogP contribution is 2.46. The summed E-state index contributed by atoms with van der Waals surface area (Å²) in [6, 6.07) is 10.2. The first-order valence-corrected chi connectivity index (χ1v) is 5.85. The fraction of sp³-hybridized carbons (Fsp3) is 0.357. The number of rotatable bonds is 2. The van der Waals surface area contributed by atoms with E-state index in [-0.39, 0.29) is 11.8 Å². The van der Waals surface area contributed by atoms with Crippen molar-refractivity contribution in [3.05, 3.63) is 47.7 Å². The second-order valence-electron chi connectivity index (χ2n) is 4.47. The van der Waals surface area contributed by atoms with Crippen molar-refractivity contribution in [2.24, 2.45) is 0 Å². The van der Waals surface area contributed by atoms with Gasteiger partial charge >= 0.3 is 0 Å². The minimum Gasteiger partial charge on any atom is -0.357 e. The number of fused-ring (bicyclic) bond motifs is 1. The lowest BCUT2D eigenvalue weighted by atomic mass is 10.0. The highest BCUT2D eigenvalue weighted by atomic mass is 16.1. The summed E-state index contributed by atoms with van der Waals surface area (Å²) in [7, 11) is 0. The van der Waals surface area contributed by atoms with E-state index in [0.717, 1.165) is 18.4 Å². The smallest absolute Gasteiger partial charge is 0.187 e. The van der Waals surface area contributed by atoms with Gasteiger partial charge in [-0.25, -0.2) is 0 Å². The third-order valence-corrected chi connectivity index (χ3v) is 3.62. The van der Waals surface area contributed by atoms with Gasteiger partial charge in [0.2, 0.25) is 0 Å². The van der Waals surface area contributed by atoms with Crippen LogP contribution in [0, 0.1) is 0 Å². The number of allylic oxidation sites excluding steroid dienone is 2. The zero-order valence-electron chi connectivity index (χ0n) is 9.39. The van der Waals surface area contributed by atoms with Crippen LogP contribution in [0.1, 0.15) is 30.1 Å². The quantitative estimate of drug-likeness (QED) is 0.556. The monoisotopic (exact) mass is 213 g/mol. The number of piperidine rings is 1. The number of carbonyl (C=O) groups is 1. The van der Waals surface area contributed by atoms with E-state index in [1.807, 2.05) is 30.3 Å². The van der Waals surface area contributed by atoms with Crippen LogP contribution in [0.2, 0.25) is 0 Å². The molecule has 16 heavy (non-hydrogen) atoms. The van der Waals surface area contributed by atoms with Crippen LogP contribution in [-0.2, 0) is 0 Å². The van der Waals surface area contributed by atoms with Crippen LogP contribution in [0.3, 0.4) is 0 Å². The SMILES string of the molecule is C/C=C1\CC[C@@H]2[C@@H](C(=O)c3ccccc3)N12. The van der Waals surface area contributed by atoms with Gasteiger partial charge in [0.15, 0.2) is 5.78 Å². The number of nitrogens with zero attached hydrogens (tertiary/aromatic N) is 1. The fourth-order valence-corrected chi connectivity index (χ4v) is 2.76. The molecule has 0 spiro atoms. The maximum absolute atomic E-state index is 12.2. The van der Waals surface area contributed by atoms with E-state index < -0.39 is 0 Å². The second kappa shape index (κ2) is 3.48. The van der Waals surface area contributed by atoms with E-state index in [0.29, 0.717) is 6.04 Å². The normalized spacial score (nSPS) is 29.3. The predicted octanol–water partition coefficient (Wildman–Crippen LogP) is 2.62. The molecule has 0 bridgehead atoms. The van der Waals surface area contributed by atoms with Gasteiger partial charge in [-0.15, -0.1) is 0 Å². The molecule has 0 aliphatic carbocycles. The van der Waals surface area contributed by atoms with Gasteiger partial charge in [0.05, 0.1) is 6.04 Å². The lowest BCUT2D eigenvalue weighted by molar-refractivity contribution is 0.0975. The maximum Gasteiger partial charge on any atom is 0.187 e. The summed E-state index contributed by atoms with van der Waals surface area (Å²) >= 11 is 0. The Hall–Kier alpha value is -1.57. The molecule has 1 aromatic carbocycles. The molecule has 0 amide bonds. The standard InChI is InChI=1S/C14H15NO/c1-2-11-8-9-12-13(15(11)12)14(16)10-6-4-3-5-7-10/h2-7,12-13H,8-9H2,1H3/b11-2+/t12-,13+,15?/m1/s1. The molecule has 0 radical (unpaired) electrons. The highest BCUT2D eigenvalue weighted by molar-refractivity contribution is 6.03. The van der Waals surface area contributed by atoms with Crippen molar-refractivity contribution in [2.45, 2.75) is 31.8 Å². The first-order valence-electron chi connectivity index (χ1n) is 5.85. The number of ketones is 1. The summed E-state index contributed by atoms with van der Waals surface area (Å²) in [6.45, 7) is 2.06. The Balaban J connectivity index is 1.81. The summed E-state index contributed by atoms with van der Waals surface area (Å²) in [5.74, 6) is 0.282. The Morgan fingerprint density at radius 3 is 2.81 bits per heavy atom. The summed E-state index contributed by atoms with van der Waals surface area (Å²) in [6.07, 6.45) is 4.42. The fourth-order valence-electron chi connectivity index (χ4n) is 2.76. The highest BCUT2D eigenvalue weighted by Gasteiger charge is 2.56. The minimum atomic E-state index is 0.127. The molecule has 2 aliphatic heterocycles. The predicted molar refractivity (Wildman–Crippen MR) is 63.2 cm³/mol. The van der Waals surface area contributed by atoms with E-state index >= 15 is 0 Å². The first-order chi connectivity index (χ1) is 7.83. The van der Waals surface area contributed by atoms with Crippen molar-refractivity contribution >= 4 is 5.78 Å². The van der Waals surface area contributed by atoms with Gasteiger partial charge in [-0.2, -0.15) is 0 Å². The zero-order chi connectivity index (χ0) is 11.1. The van der Waals surface area contributed by atoms with Crippen LogP contribution in [-0.4, -0.2) is 22.8 Å². The molecule has 2 fully saturated rings. The van der Waals surface area contributed by atoms with Crippen molar-refractivity contribution in [3.8, 4) is 0 Å². The van der Waals surface area contributed by atoms with E-state index in [1.165, 1.54) is 5.70 Å². The molecule has 1 aromatic rings. The lowest BCUT2D eigenvalue weighted by Crippen LogP contribution is -2.15. The number of benzene rings is 1. The van der Waals surface area contributed by atoms with Crippen LogP contribution in [0.4, 0.5) is 0 Å². The molecule has 2 heteroatoms. The largest absolute Gasteiger partial charge is 0.357 e. The molecule has 0 unspecified atom stereocenters. The first kappa shape index (κ1) is 9.64. The Kier molecular flexibility index (Phi) is 2.10. The molecule has 82 valence electrons. The summed E-state index contributed by atoms with van der Waals surface area (Å²) in [5, 5.41) is 0. The van der Waals surface area contributed by atoms with Gasteiger partial charge in [0.1, 0.15) is 6.04 Å². The summed E-state index contributed by atoms with van der Waals surface area (Å²) in [5.41, 5.74) is 2.19. The van der Waals surface area contributed by atoms with Crippen molar-refractivity contribution in [1.82, 2.24) is 4.90 Å². The van der Waals surface area contributed by atoms with Crippen molar-refractivity contribution in [1.29, 1.82) is 0 Å². The van der Waals surface area contributed by atoms with Gasteiger partial charge in [-0.1, -0.05) is 36.4 Å². The zero-order valence-corrected chi connectivity index (χ0v) is 9.39. The number of hydrogen-bond acceptors (Lipinski definition) is 2. The summed E-state index contributed by atoms with van der Waals surface area (Å²) in [4.78, 5) is 14.5. The second-order valence-corrected chi connectivity index (χ2v) is 4.47. The van der Waals surface area contributed by atoms with Crippen molar-refractivity contribution in [2.75, 3.05) is 0 Å². The summed E-state index contributed by atoms with van der Waals surface area (Å²) < 4.78 is 0. The Morgan fingerprint density at radius 1 is 1.38 bits per heavy atom. The van der Waals surface area contributed by atoms with Crippen LogP contribution in [0.15, 0.2) is 42.1 Å². The van der Waals surface area contributed by atoms with Crippen molar-refractivity contribution < 1.29 is 4.79 Å². The molecule has 0 aromatic heterocycles. The average molecular weight is 213 g/mol. The van der Waals surface area contributed by atoms with Gasteiger partial charge < -0.3 is 4.90 Å². The van der Waals surface area contributed by atoms with E-state index in [1.54, 1.807) is 0 Å². The van der Waals surface area contributed by atoms with Crippen LogP contribution in [0.5, 0.6) is 0 Å². The van der Waals surface area contributed by atoms with Gasteiger partial charge in [-0.05, 0) is 19.8 Å². The van der Waals surface area contributed by atoms with Crippen molar-refractivity contribution in [3.63, 3.8) is 0 Å². The average Bonchev–Trinajstić information content (AvgIpc) is 2.91. The van der Waals surface area contributed by atoms with Gasteiger partial charge in [0.25, 0.3) is 0 Å². The lowest BCUT2D eigenvalue weighted by Gasteiger charge is -2.06. The van der Waals surface area contributed by atoms with Gasteiger partial charge in [0, 0.05) is 11.3 Å². The van der Waals surface area contributed by atoms with Crippen LogP contribution in [0.25, 0.3) is 0 Å². The molecule has 3 rings (SSSR count). The van der Waals surface area contributed by atoms with E-state index in [4.69, 9.17) is 0 Å². The molecule has 2 atom stereocenters. The molecular formula is C14H15NO. The number of hydrogen-bond donors (Lipinski definition) is 0. The topological polar surface area (TPSA) is 20.1 Å². The molecule has 0 saturated carbocycles. The minimum absolute atomic E-state index is 0.127. The third kappa shape index (κ3) is 1.29. The number of Topliss-reactive ketones (excluding diaryl/α,β-unsaturated/α-hetero) is 1. The Morgan fingerprint density at radius 2 is 2.12 bits per heavy atom. The molecule has 2 aliphatic rings. The third-order valence-electron chi connectivity index (χ3n) is 3.62. The number of carbonyl (C=O) groups excluding carboxylic acids is 1. The molecular weight excluding hydrogens is 198 g/mol. The maximum atomic E-state index is 12.2. The molecule has 0 N–H and O–H groups in total. The van der Waals surface area contributed by atoms with Crippen LogP contribution >= 0.6 is 0 Å². The molecule has 2 heterocycles. The van der Waals surface area contributed by atoms with E-state index in [2.05, 4.69) is 17.9 Å².